The fourth-order valence-corrected chi connectivity index (χ4v) is 1.29. The normalized spacial score (nSPS) is 8.53. The molecule has 0 aliphatic carbocycles. The van der Waals surface area contributed by atoms with Gasteiger partial charge < -0.3 is 34.0 Å². The summed E-state index contributed by atoms with van der Waals surface area (Å²) in [6.45, 7) is 0. The van der Waals surface area contributed by atoms with E-state index in [1.54, 1.807) is 0 Å². The second kappa shape index (κ2) is 7.63. The van der Waals surface area contributed by atoms with Crippen LogP contribution in [0.25, 0.3) is 0 Å². The van der Waals surface area contributed by atoms with Gasteiger partial charge in [0.1, 0.15) is 11.4 Å². The average molecular weight is 330 g/mol. The number of rotatable bonds is 2. The van der Waals surface area contributed by atoms with Gasteiger partial charge in [0, 0.05) is 0 Å². The van der Waals surface area contributed by atoms with Crippen LogP contribution in [0.15, 0.2) is 60.7 Å². The molecular formula is C12H12Br2N-. The summed E-state index contributed by atoms with van der Waals surface area (Å²) in [5.41, 5.74) is 2.49. The monoisotopic (exact) mass is 328 g/mol. The molecule has 0 aromatic heterocycles. The van der Waals surface area contributed by atoms with Crippen LogP contribution in [-0.4, -0.2) is 0 Å². The van der Waals surface area contributed by atoms with Gasteiger partial charge in [0.15, 0.2) is 0 Å². The van der Waals surface area contributed by atoms with E-state index in [9.17, 15) is 0 Å². The molecule has 80 valence electrons. The molecule has 2 N–H and O–H groups in total. The molecule has 2 aromatic rings. The maximum atomic E-state index is 2.17. The van der Waals surface area contributed by atoms with Gasteiger partial charge in [-0.05, 0) is 24.3 Å². The third-order valence-electron chi connectivity index (χ3n) is 1.93. The Bertz CT molecular complexity index is 324. The first-order valence-electron chi connectivity index (χ1n) is 4.40. The number of hydrogen-bond donors (Lipinski definition) is 1. The summed E-state index contributed by atoms with van der Waals surface area (Å²) in [6, 6.07) is 20.7. The molecule has 0 heterocycles. The van der Waals surface area contributed by atoms with Crippen molar-refractivity contribution in [3.05, 3.63) is 60.7 Å². The third kappa shape index (κ3) is 4.60. The number of halogens is 2. The predicted octanol–water partition coefficient (Wildman–Crippen LogP) is -3.78. The predicted molar refractivity (Wildman–Crippen MR) is 54.1 cm³/mol. The minimum Gasteiger partial charge on any atom is -1.00 e. The minimum absolute atomic E-state index is 0. The first-order valence-corrected chi connectivity index (χ1v) is 4.40. The SMILES string of the molecule is [Br-].[Br-].c1ccc([NH2+]c2ccccc2)cc1. The Labute approximate surface area is 111 Å². The molecule has 0 fully saturated rings. The van der Waals surface area contributed by atoms with Crippen LogP contribution >= 0.6 is 0 Å². The molecule has 2 aromatic carbocycles. The highest BCUT2D eigenvalue weighted by molar-refractivity contribution is 5.35. The highest BCUT2D eigenvalue weighted by Crippen LogP contribution is 2.02. The van der Waals surface area contributed by atoms with Crippen LogP contribution in [0.2, 0.25) is 0 Å². The van der Waals surface area contributed by atoms with Crippen LogP contribution in [0.3, 0.4) is 0 Å². The lowest BCUT2D eigenvalue weighted by Crippen LogP contribution is -3.00. The quantitative estimate of drug-likeness (QED) is 0.545. The molecule has 0 spiro atoms. The van der Waals surface area contributed by atoms with E-state index in [2.05, 4.69) is 53.8 Å². The molecule has 0 atom stereocenters. The summed E-state index contributed by atoms with van der Waals surface area (Å²) in [6.07, 6.45) is 0. The fraction of sp³-hybridized carbons (Fsp3) is 0. The molecule has 0 bridgehead atoms. The van der Waals surface area contributed by atoms with Crippen molar-refractivity contribution in [2.45, 2.75) is 0 Å². The fourth-order valence-electron chi connectivity index (χ4n) is 1.29. The van der Waals surface area contributed by atoms with Gasteiger partial charge in [-0.15, -0.1) is 0 Å². The largest absolute Gasteiger partial charge is 1.00 e. The molecule has 3 heteroatoms. The van der Waals surface area contributed by atoms with Crippen molar-refractivity contribution in [3.63, 3.8) is 0 Å². The van der Waals surface area contributed by atoms with Crippen molar-refractivity contribution in [2.75, 3.05) is 0 Å². The first kappa shape index (κ1) is 14.4. The minimum atomic E-state index is 0. The van der Waals surface area contributed by atoms with Crippen molar-refractivity contribution in [1.82, 2.24) is 0 Å². The number of hydrogen-bond acceptors (Lipinski definition) is 0. The van der Waals surface area contributed by atoms with Crippen LogP contribution in [-0.2, 0) is 0 Å². The zero-order valence-electron chi connectivity index (χ0n) is 8.11. The van der Waals surface area contributed by atoms with E-state index in [0.29, 0.717) is 0 Å². The van der Waals surface area contributed by atoms with Crippen LogP contribution in [0, 0.1) is 0 Å². The Kier molecular flexibility index (Phi) is 7.30. The number of benzene rings is 2. The van der Waals surface area contributed by atoms with Crippen LogP contribution in [0.1, 0.15) is 0 Å². The Morgan fingerprint density at radius 2 is 0.867 bits per heavy atom. The average Bonchev–Trinajstić information content (AvgIpc) is 2.21. The summed E-state index contributed by atoms with van der Waals surface area (Å²) in [5, 5.41) is 2.17. The van der Waals surface area contributed by atoms with Crippen molar-refractivity contribution < 1.29 is 39.3 Å². The number of quaternary nitrogens is 1. The van der Waals surface area contributed by atoms with E-state index >= 15 is 0 Å². The van der Waals surface area contributed by atoms with E-state index in [4.69, 9.17) is 0 Å². The summed E-state index contributed by atoms with van der Waals surface area (Å²) >= 11 is 0. The summed E-state index contributed by atoms with van der Waals surface area (Å²) in [5.74, 6) is 0. The van der Waals surface area contributed by atoms with Gasteiger partial charge >= 0.3 is 0 Å². The van der Waals surface area contributed by atoms with Crippen LogP contribution in [0.4, 0.5) is 11.4 Å². The van der Waals surface area contributed by atoms with Gasteiger partial charge in [0.25, 0.3) is 0 Å². The lowest BCUT2D eigenvalue weighted by molar-refractivity contribution is -0.478. The van der Waals surface area contributed by atoms with Gasteiger partial charge in [0.05, 0.1) is 0 Å². The van der Waals surface area contributed by atoms with Gasteiger partial charge in [-0.25, -0.2) is 0 Å². The van der Waals surface area contributed by atoms with Crippen molar-refractivity contribution in [2.24, 2.45) is 0 Å². The van der Waals surface area contributed by atoms with E-state index in [0.717, 1.165) is 0 Å². The lowest BCUT2D eigenvalue weighted by atomic mass is 10.3. The molecular weight excluding hydrogens is 318 g/mol. The van der Waals surface area contributed by atoms with E-state index in [-0.39, 0.29) is 34.0 Å². The third-order valence-corrected chi connectivity index (χ3v) is 1.93. The van der Waals surface area contributed by atoms with Crippen molar-refractivity contribution in [3.8, 4) is 0 Å². The second-order valence-electron chi connectivity index (χ2n) is 2.97. The maximum Gasteiger partial charge on any atom is 0.134 e. The maximum absolute atomic E-state index is 2.17. The Morgan fingerprint density at radius 1 is 0.533 bits per heavy atom. The van der Waals surface area contributed by atoms with Gasteiger partial charge in [-0.2, -0.15) is 0 Å². The molecule has 0 aliphatic heterocycles. The van der Waals surface area contributed by atoms with Gasteiger partial charge in [-0.3, -0.25) is 5.32 Å². The summed E-state index contributed by atoms with van der Waals surface area (Å²) in [4.78, 5) is 0. The zero-order valence-corrected chi connectivity index (χ0v) is 11.3. The lowest BCUT2D eigenvalue weighted by Gasteiger charge is -1.98. The Balaban J connectivity index is 0.000000980. The standard InChI is InChI=1S/C12H11N.2BrH/c1-3-7-11(8-4-1)13-12-9-5-2-6-10-12;;/h1-10,13H;2*1H/p-1. The highest BCUT2D eigenvalue weighted by Gasteiger charge is 1.96. The topological polar surface area (TPSA) is 16.6 Å². The Morgan fingerprint density at radius 3 is 1.20 bits per heavy atom. The van der Waals surface area contributed by atoms with Crippen molar-refractivity contribution in [1.29, 1.82) is 0 Å². The smallest absolute Gasteiger partial charge is 0.134 e. The molecule has 0 saturated heterocycles. The molecule has 2 rings (SSSR count). The molecule has 0 aliphatic rings. The second-order valence-corrected chi connectivity index (χ2v) is 2.97. The first-order chi connectivity index (χ1) is 6.45. The molecule has 0 unspecified atom stereocenters. The molecule has 0 amide bonds. The summed E-state index contributed by atoms with van der Waals surface area (Å²) < 4.78 is 0. The molecule has 15 heavy (non-hydrogen) atoms. The number of para-hydroxylation sites is 2. The molecule has 0 radical (unpaired) electrons. The van der Waals surface area contributed by atoms with Crippen molar-refractivity contribution >= 4 is 11.4 Å². The molecule has 0 saturated carbocycles. The summed E-state index contributed by atoms with van der Waals surface area (Å²) in [7, 11) is 0. The number of nitrogens with two attached hydrogens (primary N) is 1. The van der Waals surface area contributed by atoms with Gasteiger partial charge in [-0.1, -0.05) is 36.4 Å². The van der Waals surface area contributed by atoms with Gasteiger partial charge in [0.2, 0.25) is 0 Å². The Hall–Kier alpha value is -0.640. The molecule has 1 nitrogen and oxygen atoms in total. The van der Waals surface area contributed by atoms with E-state index in [1.807, 2.05) is 12.1 Å². The van der Waals surface area contributed by atoms with Crippen LogP contribution in [0.5, 0.6) is 0 Å². The zero-order chi connectivity index (χ0) is 8.93. The van der Waals surface area contributed by atoms with E-state index in [1.165, 1.54) is 11.4 Å². The van der Waals surface area contributed by atoms with E-state index < -0.39 is 0 Å². The highest BCUT2D eigenvalue weighted by atomic mass is 79.9. The van der Waals surface area contributed by atoms with Crippen LogP contribution < -0.4 is 39.3 Å².